The van der Waals surface area contributed by atoms with Crippen LogP contribution in [0.4, 0.5) is 18.9 Å². The molecule has 0 aliphatic carbocycles. The third-order valence-corrected chi connectivity index (χ3v) is 3.09. The molecule has 0 heterocycles. The lowest BCUT2D eigenvalue weighted by molar-refractivity contribution is -0.0512. The highest BCUT2D eigenvalue weighted by Gasteiger charge is 2.15. The van der Waals surface area contributed by atoms with E-state index in [1.54, 1.807) is 6.92 Å². The number of amides is 1. The maximum Gasteiger partial charge on any atom is 0.387 e. The summed E-state index contributed by atoms with van der Waals surface area (Å²) in [6.45, 7) is -1.28. The number of alkyl halides is 2. The lowest BCUT2D eigenvalue weighted by Gasteiger charge is -2.12. The first kappa shape index (κ1) is 16.7. The quantitative estimate of drug-likeness (QED) is 0.904. The molecule has 0 aliphatic heterocycles. The number of benzene rings is 2. The summed E-state index contributed by atoms with van der Waals surface area (Å²) < 4.78 is 47.0. The SMILES string of the molecule is COc1cc(C(=O)Nc2cc(F)ccc2C)ccc1OC(F)F. The van der Waals surface area contributed by atoms with Gasteiger partial charge in [0.15, 0.2) is 11.5 Å². The smallest absolute Gasteiger partial charge is 0.387 e. The van der Waals surface area contributed by atoms with E-state index in [-0.39, 0.29) is 17.1 Å². The first-order valence-electron chi connectivity index (χ1n) is 6.61. The van der Waals surface area contributed by atoms with Crippen molar-refractivity contribution in [1.29, 1.82) is 0 Å². The second-order valence-electron chi connectivity index (χ2n) is 4.66. The molecule has 7 heteroatoms. The van der Waals surface area contributed by atoms with E-state index in [0.29, 0.717) is 11.3 Å². The van der Waals surface area contributed by atoms with Gasteiger partial charge in [-0.3, -0.25) is 4.79 Å². The third-order valence-electron chi connectivity index (χ3n) is 3.09. The molecule has 0 unspecified atom stereocenters. The van der Waals surface area contributed by atoms with Gasteiger partial charge in [0, 0.05) is 11.3 Å². The zero-order chi connectivity index (χ0) is 17.0. The summed E-state index contributed by atoms with van der Waals surface area (Å²) in [5, 5.41) is 2.56. The van der Waals surface area contributed by atoms with E-state index < -0.39 is 18.3 Å². The van der Waals surface area contributed by atoms with Crippen LogP contribution in [0.15, 0.2) is 36.4 Å². The number of hydrogen-bond acceptors (Lipinski definition) is 3. The Bertz CT molecular complexity index is 720. The second-order valence-corrected chi connectivity index (χ2v) is 4.66. The number of methoxy groups -OCH3 is 1. The first-order valence-corrected chi connectivity index (χ1v) is 6.61. The molecule has 0 radical (unpaired) electrons. The van der Waals surface area contributed by atoms with Crippen LogP contribution in [0.5, 0.6) is 11.5 Å². The fourth-order valence-electron chi connectivity index (χ4n) is 1.93. The van der Waals surface area contributed by atoms with Crippen molar-refractivity contribution in [3.63, 3.8) is 0 Å². The molecular weight excluding hydrogens is 311 g/mol. The number of aryl methyl sites for hydroxylation is 1. The van der Waals surface area contributed by atoms with Gasteiger partial charge in [0.1, 0.15) is 5.82 Å². The van der Waals surface area contributed by atoms with Crippen molar-refractivity contribution in [3.8, 4) is 11.5 Å². The zero-order valence-electron chi connectivity index (χ0n) is 12.4. The molecule has 0 bridgehead atoms. The third kappa shape index (κ3) is 4.15. The van der Waals surface area contributed by atoms with Gasteiger partial charge in [-0.25, -0.2) is 4.39 Å². The molecule has 1 amide bonds. The Morgan fingerprint density at radius 3 is 2.52 bits per heavy atom. The number of halogens is 3. The van der Waals surface area contributed by atoms with Crippen LogP contribution in [0.25, 0.3) is 0 Å². The molecule has 0 fully saturated rings. The van der Waals surface area contributed by atoms with E-state index >= 15 is 0 Å². The average Bonchev–Trinajstić information content (AvgIpc) is 2.50. The molecule has 0 atom stereocenters. The highest BCUT2D eigenvalue weighted by atomic mass is 19.3. The summed E-state index contributed by atoms with van der Waals surface area (Å²) >= 11 is 0. The van der Waals surface area contributed by atoms with Crippen LogP contribution in [0.1, 0.15) is 15.9 Å². The molecule has 4 nitrogen and oxygen atoms in total. The van der Waals surface area contributed by atoms with Crippen molar-refractivity contribution in [2.24, 2.45) is 0 Å². The van der Waals surface area contributed by atoms with E-state index in [0.717, 1.165) is 0 Å². The number of nitrogens with one attached hydrogen (secondary N) is 1. The molecule has 0 spiro atoms. The van der Waals surface area contributed by atoms with E-state index in [1.165, 1.54) is 43.5 Å². The Morgan fingerprint density at radius 2 is 1.87 bits per heavy atom. The summed E-state index contributed by atoms with van der Waals surface area (Å²) in [5.41, 5.74) is 1.17. The summed E-state index contributed by atoms with van der Waals surface area (Å²) in [6, 6.07) is 7.79. The largest absolute Gasteiger partial charge is 0.493 e. The Hall–Kier alpha value is -2.70. The summed E-state index contributed by atoms with van der Waals surface area (Å²) in [7, 11) is 1.27. The molecule has 0 aromatic heterocycles. The predicted octanol–water partition coefficient (Wildman–Crippen LogP) is 4.00. The average molecular weight is 325 g/mol. The van der Waals surface area contributed by atoms with Gasteiger partial charge in [-0.15, -0.1) is 0 Å². The van der Waals surface area contributed by atoms with Gasteiger partial charge < -0.3 is 14.8 Å². The van der Waals surface area contributed by atoms with E-state index in [1.807, 2.05) is 0 Å². The standard InChI is InChI=1S/C16H14F3NO3/c1-9-3-5-11(17)8-12(9)20-15(21)10-4-6-13(23-16(18)19)14(7-10)22-2/h3-8,16H,1-2H3,(H,20,21). The Morgan fingerprint density at radius 1 is 1.13 bits per heavy atom. The van der Waals surface area contributed by atoms with Crippen molar-refractivity contribution in [3.05, 3.63) is 53.3 Å². The van der Waals surface area contributed by atoms with Crippen LogP contribution in [0.2, 0.25) is 0 Å². The normalized spacial score (nSPS) is 10.5. The minimum Gasteiger partial charge on any atom is -0.493 e. The van der Waals surface area contributed by atoms with E-state index in [4.69, 9.17) is 4.74 Å². The monoisotopic (exact) mass is 325 g/mol. The maximum absolute atomic E-state index is 13.2. The number of hydrogen-bond donors (Lipinski definition) is 1. The highest BCUT2D eigenvalue weighted by Crippen LogP contribution is 2.30. The van der Waals surface area contributed by atoms with Gasteiger partial charge in [-0.2, -0.15) is 8.78 Å². The fraction of sp³-hybridized carbons (Fsp3) is 0.188. The van der Waals surface area contributed by atoms with Gasteiger partial charge in [0.05, 0.1) is 7.11 Å². The van der Waals surface area contributed by atoms with Gasteiger partial charge in [0.2, 0.25) is 0 Å². The number of anilines is 1. The predicted molar refractivity (Wildman–Crippen MR) is 78.7 cm³/mol. The van der Waals surface area contributed by atoms with Crippen molar-refractivity contribution < 1.29 is 27.4 Å². The molecule has 122 valence electrons. The van der Waals surface area contributed by atoms with Gasteiger partial charge in [-0.05, 0) is 42.8 Å². The van der Waals surface area contributed by atoms with Crippen molar-refractivity contribution in [2.75, 3.05) is 12.4 Å². The highest BCUT2D eigenvalue weighted by molar-refractivity contribution is 6.05. The fourth-order valence-corrected chi connectivity index (χ4v) is 1.93. The number of ether oxygens (including phenoxy) is 2. The lowest BCUT2D eigenvalue weighted by atomic mass is 10.1. The lowest BCUT2D eigenvalue weighted by Crippen LogP contribution is -2.13. The maximum atomic E-state index is 13.2. The topological polar surface area (TPSA) is 47.6 Å². The number of rotatable bonds is 5. The van der Waals surface area contributed by atoms with Crippen LogP contribution in [-0.4, -0.2) is 19.6 Å². The molecule has 2 aromatic rings. The molecule has 2 aromatic carbocycles. The van der Waals surface area contributed by atoms with E-state index in [9.17, 15) is 18.0 Å². The summed E-state index contributed by atoms with van der Waals surface area (Å²) in [5.74, 6) is -1.19. The molecule has 1 N–H and O–H groups in total. The molecule has 2 rings (SSSR count). The van der Waals surface area contributed by atoms with Crippen LogP contribution < -0.4 is 14.8 Å². The van der Waals surface area contributed by atoms with Crippen LogP contribution in [0, 0.1) is 12.7 Å². The summed E-state index contributed by atoms with van der Waals surface area (Å²) in [4.78, 5) is 12.2. The van der Waals surface area contributed by atoms with Gasteiger partial charge >= 0.3 is 6.61 Å². The molecule has 0 saturated carbocycles. The summed E-state index contributed by atoms with van der Waals surface area (Å²) in [6.07, 6.45) is 0. The Kier molecular flexibility index (Phi) is 5.10. The number of carbonyl (C=O) groups is 1. The minimum atomic E-state index is -3.00. The molecule has 0 saturated heterocycles. The minimum absolute atomic E-state index is 0.00564. The second kappa shape index (κ2) is 7.04. The first-order chi connectivity index (χ1) is 10.9. The van der Waals surface area contributed by atoms with Gasteiger partial charge in [0.25, 0.3) is 5.91 Å². The molecule has 23 heavy (non-hydrogen) atoms. The van der Waals surface area contributed by atoms with Crippen LogP contribution in [0.3, 0.4) is 0 Å². The van der Waals surface area contributed by atoms with Crippen molar-refractivity contribution >= 4 is 11.6 Å². The van der Waals surface area contributed by atoms with Crippen LogP contribution in [-0.2, 0) is 0 Å². The van der Waals surface area contributed by atoms with Gasteiger partial charge in [-0.1, -0.05) is 6.07 Å². The van der Waals surface area contributed by atoms with E-state index in [2.05, 4.69) is 10.1 Å². The molecular formula is C16H14F3NO3. The number of carbonyl (C=O) groups excluding carboxylic acids is 1. The Balaban J connectivity index is 2.24. The Labute approximate surface area is 130 Å². The molecule has 0 aliphatic rings. The zero-order valence-corrected chi connectivity index (χ0v) is 12.4. The van der Waals surface area contributed by atoms with Crippen LogP contribution >= 0.6 is 0 Å². The van der Waals surface area contributed by atoms with Crippen molar-refractivity contribution in [2.45, 2.75) is 13.5 Å². The van der Waals surface area contributed by atoms with Crippen molar-refractivity contribution in [1.82, 2.24) is 0 Å².